The lowest BCUT2D eigenvalue weighted by Gasteiger charge is -2.12. The van der Waals surface area contributed by atoms with E-state index < -0.39 is 0 Å². The number of allylic oxidation sites excluding steroid dienone is 1. The maximum atomic E-state index is 11.6. The van der Waals surface area contributed by atoms with Crippen molar-refractivity contribution in [2.24, 2.45) is 11.8 Å². The molecule has 1 N–H and O–H groups in total. The number of esters is 1. The molecule has 2 bridgehead atoms. The number of unbranched alkanes of at least 4 members (excludes halogenated alkanes) is 1. The van der Waals surface area contributed by atoms with Crippen LogP contribution >= 0.6 is 0 Å². The van der Waals surface area contributed by atoms with Gasteiger partial charge in [0.15, 0.2) is 0 Å². The topological polar surface area (TPSA) is 46.5 Å². The van der Waals surface area contributed by atoms with Gasteiger partial charge < -0.3 is 9.84 Å². The standard InChI is InChI=1S/C12H18O3/c13-5-1-2-6-15-12(14)11-8-9-3-4-10(11)7-9/h8-10,13H,1-7H2. The largest absolute Gasteiger partial charge is 0.462 e. The average molecular weight is 210 g/mol. The van der Waals surface area contributed by atoms with Crippen LogP contribution in [0.1, 0.15) is 32.1 Å². The fourth-order valence-electron chi connectivity index (χ4n) is 2.54. The SMILES string of the molecule is O=C(OCCCCO)C1=CC2CCC1C2. The molecule has 84 valence electrons. The van der Waals surface area contributed by atoms with Gasteiger partial charge in [-0.1, -0.05) is 6.08 Å². The summed E-state index contributed by atoms with van der Waals surface area (Å²) in [5, 5.41) is 8.58. The van der Waals surface area contributed by atoms with Gasteiger partial charge in [0.2, 0.25) is 0 Å². The number of fused-ring (bicyclic) bond motifs is 2. The number of hydrogen-bond acceptors (Lipinski definition) is 3. The Kier molecular flexibility index (Phi) is 3.41. The number of aliphatic hydroxyl groups is 1. The van der Waals surface area contributed by atoms with Crippen LogP contribution in [0.25, 0.3) is 0 Å². The molecule has 0 aromatic carbocycles. The Hall–Kier alpha value is -0.830. The van der Waals surface area contributed by atoms with E-state index in [1.54, 1.807) is 0 Å². The van der Waals surface area contributed by atoms with Gasteiger partial charge in [-0.3, -0.25) is 0 Å². The van der Waals surface area contributed by atoms with Crippen LogP contribution in [-0.4, -0.2) is 24.3 Å². The summed E-state index contributed by atoms with van der Waals surface area (Å²) in [4.78, 5) is 11.6. The van der Waals surface area contributed by atoms with Crippen molar-refractivity contribution in [2.75, 3.05) is 13.2 Å². The van der Waals surface area contributed by atoms with E-state index in [0.717, 1.165) is 24.8 Å². The summed E-state index contributed by atoms with van der Waals surface area (Å²) in [6.07, 6.45) is 7.11. The number of aliphatic hydroxyl groups excluding tert-OH is 1. The van der Waals surface area contributed by atoms with E-state index in [1.165, 1.54) is 6.42 Å². The molecule has 0 saturated heterocycles. The second-order valence-corrected chi connectivity index (χ2v) is 4.46. The van der Waals surface area contributed by atoms with Crippen molar-refractivity contribution in [2.45, 2.75) is 32.1 Å². The van der Waals surface area contributed by atoms with Gasteiger partial charge in [-0.15, -0.1) is 0 Å². The fourth-order valence-corrected chi connectivity index (χ4v) is 2.54. The third-order valence-corrected chi connectivity index (χ3v) is 3.35. The summed E-state index contributed by atoms with van der Waals surface area (Å²) in [7, 11) is 0. The first-order valence-corrected chi connectivity index (χ1v) is 5.81. The molecule has 0 aromatic heterocycles. The maximum absolute atomic E-state index is 11.6. The van der Waals surface area contributed by atoms with Gasteiger partial charge in [0.05, 0.1) is 6.61 Å². The third-order valence-electron chi connectivity index (χ3n) is 3.35. The smallest absolute Gasteiger partial charge is 0.333 e. The molecule has 3 nitrogen and oxygen atoms in total. The van der Waals surface area contributed by atoms with Gasteiger partial charge in [0.25, 0.3) is 0 Å². The van der Waals surface area contributed by atoms with Crippen molar-refractivity contribution < 1.29 is 14.6 Å². The van der Waals surface area contributed by atoms with E-state index in [9.17, 15) is 4.79 Å². The van der Waals surface area contributed by atoms with Gasteiger partial charge >= 0.3 is 5.97 Å². The first-order chi connectivity index (χ1) is 7.31. The lowest BCUT2D eigenvalue weighted by molar-refractivity contribution is -0.139. The van der Waals surface area contributed by atoms with E-state index in [-0.39, 0.29) is 12.6 Å². The Balaban J connectivity index is 1.75. The molecule has 3 heteroatoms. The zero-order valence-electron chi connectivity index (χ0n) is 8.95. The van der Waals surface area contributed by atoms with Crippen molar-refractivity contribution in [3.05, 3.63) is 11.6 Å². The molecule has 0 aromatic rings. The van der Waals surface area contributed by atoms with E-state index >= 15 is 0 Å². The maximum Gasteiger partial charge on any atom is 0.333 e. The molecule has 0 spiro atoms. The lowest BCUT2D eigenvalue weighted by atomic mass is 9.99. The number of carbonyl (C=O) groups is 1. The molecule has 0 radical (unpaired) electrons. The van der Waals surface area contributed by atoms with Crippen LogP contribution in [0.15, 0.2) is 11.6 Å². The Morgan fingerprint density at radius 2 is 2.33 bits per heavy atom. The highest BCUT2D eigenvalue weighted by atomic mass is 16.5. The molecule has 2 atom stereocenters. The molecular weight excluding hydrogens is 192 g/mol. The van der Waals surface area contributed by atoms with Crippen LogP contribution in [0.2, 0.25) is 0 Å². The number of ether oxygens (including phenoxy) is 1. The molecule has 2 rings (SSSR count). The van der Waals surface area contributed by atoms with Gasteiger partial charge in [-0.2, -0.15) is 0 Å². The van der Waals surface area contributed by atoms with E-state index in [0.29, 0.717) is 24.9 Å². The zero-order chi connectivity index (χ0) is 10.7. The summed E-state index contributed by atoms with van der Waals surface area (Å²) < 4.78 is 5.16. The summed E-state index contributed by atoms with van der Waals surface area (Å²) >= 11 is 0. The van der Waals surface area contributed by atoms with Crippen molar-refractivity contribution in [3.8, 4) is 0 Å². The molecule has 0 amide bonds. The molecule has 2 aliphatic rings. The predicted octanol–water partition coefficient (Wildman–Crippen LogP) is 1.66. The molecule has 2 unspecified atom stereocenters. The average Bonchev–Trinajstić information content (AvgIpc) is 2.85. The van der Waals surface area contributed by atoms with Crippen molar-refractivity contribution in [1.82, 2.24) is 0 Å². The third kappa shape index (κ3) is 2.40. The highest BCUT2D eigenvalue weighted by Gasteiger charge is 2.36. The van der Waals surface area contributed by atoms with Crippen molar-refractivity contribution >= 4 is 5.97 Å². The van der Waals surface area contributed by atoms with E-state index in [1.807, 2.05) is 0 Å². The Labute approximate surface area is 90.1 Å². The van der Waals surface area contributed by atoms with Gasteiger partial charge in [-0.25, -0.2) is 4.79 Å². The van der Waals surface area contributed by atoms with Crippen LogP contribution in [0, 0.1) is 11.8 Å². The normalized spacial score (nSPS) is 27.9. The van der Waals surface area contributed by atoms with Crippen LogP contribution in [-0.2, 0) is 9.53 Å². The minimum Gasteiger partial charge on any atom is -0.462 e. The molecule has 2 aliphatic carbocycles. The van der Waals surface area contributed by atoms with Gasteiger partial charge in [-0.05, 0) is 43.9 Å². The molecule has 0 heterocycles. The van der Waals surface area contributed by atoms with Crippen molar-refractivity contribution in [1.29, 1.82) is 0 Å². The Bertz CT molecular complexity index is 270. The minimum absolute atomic E-state index is 0.125. The molecular formula is C12H18O3. The number of carbonyl (C=O) groups excluding carboxylic acids is 1. The van der Waals surface area contributed by atoms with Crippen LogP contribution < -0.4 is 0 Å². The monoisotopic (exact) mass is 210 g/mol. The summed E-state index contributed by atoms with van der Waals surface area (Å²) in [6, 6.07) is 0. The first kappa shape index (κ1) is 10.7. The quantitative estimate of drug-likeness (QED) is 0.554. The summed E-state index contributed by atoms with van der Waals surface area (Å²) in [6.45, 7) is 0.610. The zero-order valence-corrected chi connectivity index (χ0v) is 8.95. The van der Waals surface area contributed by atoms with Gasteiger partial charge in [0.1, 0.15) is 0 Å². The fraction of sp³-hybridized carbons (Fsp3) is 0.750. The lowest BCUT2D eigenvalue weighted by Crippen LogP contribution is -2.14. The number of hydrogen-bond donors (Lipinski definition) is 1. The van der Waals surface area contributed by atoms with Crippen molar-refractivity contribution in [3.63, 3.8) is 0 Å². The molecule has 0 aliphatic heterocycles. The molecule has 15 heavy (non-hydrogen) atoms. The van der Waals surface area contributed by atoms with Crippen LogP contribution in [0.5, 0.6) is 0 Å². The summed E-state index contributed by atoms with van der Waals surface area (Å²) in [5.41, 5.74) is 0.912. The van der Waals surface area contributed by atoms with E-state index in [4.69, 9.17) is 9.84 Å². The minimum atomic E-state index is -0.125. The van der Waals surface area contributed by atoms with Crippen LogP contribution in [0.4, 0.5) is 0 Å². The first-order valence-electron chi connectivity index (χ1n) is 5.81. The Morgan fingerprint density at radius 1 is 1.47 bits per heavy atom. The van der Waals surface area contributed by atoms with Gasteiger partial charge in [0, 0.05) is 12.2 Å². The second kappa shape index (κ2) is 4.79. The molecule has 1 saturated carbocycles. The Morgan fingerprint density at radius 3 is 2.93 bits per heavy atom. The highest BCUT2D eigenvalue weighted by molar-refractivity contribution is 5.89. The highest BCUT2D eigenvalue weighted by Crippen LogP contribution is 2.43. The van der Waals surface area contributed by atoms with E-state index in [2.05, 4.69) is 6.08 Å². The number of rotatable bonds is 5. The molecule has 1 fully saturated rings. The summed E-state index contributed by atoms with van der Waals surface area (Å²) in [5.74, 6) is 0.982. The second-order valence-electron chi connectivity index (χ2n) is 4.46. The van der Waals surface area contributed by atoms with Crippen LogP contribution in [0.3, 0.4) is 0 Å². The predicted molar refractivity (Wildman–Crippen MR) is 56.2 cm³/mol.